The highest BCUT2D eigenvalue weighted by Crippen LogP contribution is 2.22. The average Bonchev–Trinajstić information content (AvgIpc) is 2.37. The Kier molecular flexibility index (Phi) is 7.60. The van der Waals surface area contributed by atoms with Gasteiger partial charge in [-0.3, -0.25) is 4.79 Å². The molecule has 0 saturated heterocycles. The number of nitrogens with one attached hydrogen (secondary N) is 2. The number of aryl methyl sites for hydroxylation is 2. The van der Waals surface area contributed by atoms with E-state index in [1.807, 2.05) is 0 Å². The van der Waals surface area contributed by atoms with Gasteiger partial charge in [0.15, 0.2) is 0 Å². The van der Waals surface area contributed by atoms with E-state index >= 15 is 0 Å². The number of carbonyl (C=O) groups excluding carboxylic acids is 1. The van der Waals surface area contributed by atoms with E-state index in [4.69, 9.17) is 0 Å². The van der Waals surface area contributed by atoms with Gasteiger partial charge < -0.3 is 10.6 Å². The van der Waals surface area contributed by atoms with Crippen molar-refractivity contribution in [3.05, 3.63) is 29.3 Å². The summed E-state index contributed by atoms with van der Waals surface area (Å²) in [4.78, 5) is 12.9. The highest BCUT2D eigenvalue weighted by atomic mass is 32.2. The van der Waals surface area contributed by atoms with E-state index in [1.165, 1.54) is 16.0 Å². The van der Waals surface area contributed by atoms with Gasteiger partial charge in [0, 0.05) is 18.0 Å². The molecule has 0 bridgehead atoms. The first-order chi connectivity index (χ1) is 9.13. The van der Waals surface area contributed by atoms with Crippen LogP contribution in [-0.4, -0.2) is 31.3 Å². The summed E-state index contributed by atoms with van der Waals surface area (Å²) < 4.78 is 0. The van der Waals surface area contributed by atoms with E-state index in [-0.39, 0.29) is 5.91 Å². The van der Waals surface area contributed by atoms with E-state index in [9.17, 15) is 4.79 Å². The molecule has 0 heterocycles. The van der Waals surface area contributed by atoms with Crippen LogP contribution in [0, 0.1) is 13.8 Å². The summed E-state index contributed by atoms with van der Waals surface area (Å²) in [5.74, 6) is 0.584. The summed E-state index contributed by atoms with van der Waals surface area (Å²) in [6, 6.07) is 6.32. The second-order valence-corrected chi connectivity index (χ2v) is 5.67. The summed E-state index contributed by atoms with van der Waals surface area (Å²) in [6.45, 7) is 8.85. The standard InChI is InChI=1S/C15H24N2OS/c1-4-7-16-8-9-17-15(18)11-19-14-6-5-12(2)10-13(14)3/h5-6,10,16H,4,7-9,11H2,1-3H3,(H,17,18). The fraction of sp³-hybridized carbons (Fsp3) is 0.533. The van der Waals surface area contributed by atoms with Crippen LogP contribution in [0.4, 0.5) is 0 Å². The molecule has 0 fully saturated rings. The largest absolute Gasteiger partial charge is 0.354 e. The molecule has 4 heteroatoms. The Balaban J connectivity index is 2.22. The Hall–Kier alpha value is -1.00. The van der Waals surface area contributed by atoms with Gasteiger partial charge in [-0.1, -0.05) is 24.6 Å². The Morgan fingerprint density at radius 1 is 1.21 bits per heavy atom. The number of rotatable bonds is 8. The van der Waals surface area contributed by atoms with Gasteiger partial charge in [0.05, 0.1) is 5.75 Å². The first kappa shape index (κ1) is 16.1. The van der Waals surface area contributed by atoms with Crippen LogP contribution in [0.15, 0.2) is 23.1 Å². The maximum Gasteiger partial charge on any atom is 0.230 e. The number of amides is 1. The number of thioether (sulfide) groups is 1. The number of hydrogen-bond donors (Lipinski definition) is 2. The van der Waals surface area contributed by atoms with Crippen molar-refractivity contribution in [3.63, 3.8) is 0 Å². The van der Waals surface area contributed by atoms with Crippen molar-refractivity contribution >= 4 is 17.7 Å². The first-order valence-electron chi connectivity index (χ1n) is 6.81. The van der Waals surface area contributed by atoms with Gasteiger partial charge in [-0.15, -0.1) is 11.8 Å². The average molecular weight is 280 g/mol. The van der Waals surface area contributed by atoms with Crippen LogP contribution in [0.5, 0.6) is 0 Å². The highest BCUT2D eigenvalue weighted by Gasteiger charge is 2.04. The normalized spacial score (nSPS) is 10.5. The van der Waals surface area contributed by atoms with Crippen molar-refractivity contribution in [2.24, 2.45) is 0 Å². The van der Waals surface area contributed by atoms with Crippen LogP contribution in [0.25, 0.3) is 0 Å². The Bertz CT molecular complexity index is 407. The third-order valence-corrected chi connectivity index (χ3v) is 3.92. The summed E-state index contributed by atoms with van der Waals surface area (Å²) in [5, 5.41) is 6.18. The molecule has 0 aliphatic rings. The number of hydrogen-bond acceptors (Lipinski definition) is 3. The predicted molar refractivity (Wildman–Crippen MR) is 82.8 cm³/mol. The molecule has 1 amide bonds. The van der Waals surface area contributed by atoms with Crippen LogP contribution >= 0.6 is 11.8 Å². The fourth-order valence-electron chi connectivity index (χ4n) is 1.75. The van der Waals surface area contributed by atoms with Crippen LogP contribution in [-0.2, 0) is 4.79 Å². The monoisotopic (exact) mass is 280 g/mol. The highest BCUT2D eigenvalue weighted by molar-refractivity contribution is 8.00. The molecule has 0 aliphatic carbocycles. The predicted octanol–water partition coefficient (Wildman–Crippen LogP) is 2.51. The summed E-state index contributed by atoms with van der Waals surface area (Å²) in [6.07, 6.45) is 1.12. The second kappa shape index (κ2) is 8.99. The van der Waals surface area contributed by atoms with Crippen LogP contribution in [0.1, 0.15) is 24.5 Å². The molecule has 0 aromatic heterocycles. The van der Waals surface area contributed by atoms with E-state index in [0.717, 1.165) is 19.5 Å². The van der Waals surface area contributed by atoms with Gasteiger partial charge in [0.2, 0.25) is 5.91 Å². The lowest BCUT2D eigenvalue weighted by Crippen LogP contribution is -2.33. The third-order valence-electron chi connectivity index (χ3n) is 2.74. The van der Waals surface area contributed by atoms with Crippen molar-refractivity contribution in [1.29, 1.82) is 0 Å². The van der Waals surface area contributed by atoms with Crippen molar-refractivity contribution in [2.75, 3.05) is 25.4 Å². The van der Waals surface area contributed by atoms with Crippen molar-refractivity contribution in [1.82, 2.24) is 10.6 Å². The maximum absolute atomic E-state index is 11.7. The molecule has 0 radical (unpaired) electrons. The van der Waals surface area contributed by atoms with Crippen LogP contribution < -0.4 is 10.6 Å². The quantitative estimate of drug-likeness (QED) is 0.568. The molecule has 0 unspecified atom stereocenters. The molecule has 0 atom stereocenters. The van der Waals surface area contributed by atoms with E-state index in [0.29, 0.717) is 12.3 Å². The van der Waals surface area contributed by atoms with Crippen molar-refractivity contribution in [3.8, 4) is 0 Å². The Morgan fingerprint density at radius 2 is 2.00 bits per heavy atom. The summed E-state index contributed by atoms with van der Waals surface area (Å²) in [5.41, 5.74) is 2.50. The number of benzene rings is 1. The van der Waals surface area contributed by atoms with Crippen molar-refractivity contribution < 1.29 is 4.79 Å². The van der Waals surface area contributed by atoms with Crippen molar-refractivity contribution in [2.45, 2.75) is 32.1 Å². The minimum absolute atomic E-state index is 0.100. The Labute approximate surface area is 120 Å². The SMILES string of the molecule is CCCNCCNC(=O)CSc1ccc(C)cc1C. The first-order valence-corrected chi connectivity index (χ1v) is 7.79. The maximum atomic E-state index is 11.7. The van der Waals surface area contributed by atoms with Gasteiger partial charge in [-0.25, -0.2) is 0 Å². The molecule has 19 heavy (non-hydrogen) atoms. The Morgan fingerprint density at radius 3 is 2.68 bits per heavy atom. The molecule has 1 aromatic carbocycles. The van der Waals surface area contributed by atoms with E-state index in [1.54, 1.807) is 11.8 Å². The zero-order chi connectivity index (χ0) is 14.1. The summed E-state index contributed by atoms with van der Waals surface area (Å²) >= 11 is 1.60. The smallest absolute Gasteiger partial charge is 0.230 e. The molecule has 0 saturated carbocycles. The lowest BCUT2D eigenvalue weighted by molar-refractivity contribution is -0.118. The van der Waals surface area contributed by atoms with Gasteiger partial charge in [-0.05, 0) is 38.4 Å². The van der Waals surface area contributed by atoms with Gasteiger partial charge in [-0.2, -0.15) is 0 Å². The topological polar surface area (TPSA) is 41.1 Å². The minimum atomic E-state index is 0.100. The second-order valence-electron chi connectivity index (χ2n) is 4.66. The van der Waals surface area contributed by atoms with Gasteiger partial charge in [0.1, 0.15) is 0 Å². The molecule has 3 nitrogen and oxygen atoms in total. The van der Waals surface area contributed by atoms with Gasteiger partial charge in [0.25, 0.3) is 0 Å². The van der Waals surface area contributed by atoms with Gasteiger partial charge >= 0.3 is 0 Å². The molecule has 2 N–H and O–H groups in total. The lowest BCUT2D eigenvalue weighted by atomic mass is 10.2. The third kappa shape index (κ3) is 6.64. The molecular formula is C15H24N2OS. The lowest BCUT2D eigenvalue weighted by Gasteiger charge is -2.08. The zero-order valence-electron chi connectivity index (χ0n) is 12.1. The van der Waals surface area contributed by atoms with E-state index < -0.39 is 0 Å². The molecule has 1 aromatic rings. The molecule has 1 rings (SSSR count). The number of carbonyl (C=O) groups is 1. The molecule has 106 valence electrons. The summed E-state index contributed by atoms with van der Waals surface area (Å²) in [7, 11) is 0. The van der Waals surface area contributed by atoms with E-state index in [2.05, 4.69) is 49.6 Å². The fourth-order valence-corrected chi connectivity index (χ4v) is 2.59. The molecule has 0 spiro atoms. The zero-order valence-corrected chi connectivity index (χ0v) is 12.9. The molecular weight excluding hydrogens is 256 g/mol. The van der Waals surface area contributed by atoms with Crippen LogP contribution in [0.2, 0.25) is 0 Å². The molecule has 0 aliphatic heterocycles. The van der Waals surface area contributed by atoms with Crippen LogP contribution in [0.3, 0.4) is 0 Å². The minimum Gasteiger partial charge on any atom is -0.354 e.